The summed E-state index contributed by atoms with van der Waals surface area (Å²) in [7, 11) is 1.62. The number of methoxy groups -OCH3 is 1. The smallest absolute Gasteiger partial charge is 0.242 e. The molecule has 168 valence electrons. The summed E-state index contributed by atoms with van der Waals surface area (Å²) >= 11 is 0. The number of rotatable bonds is 9. The molecule has 0 spiro atoms. The summed E-state index contributed by atoms with van der Waals surface area (Å²) in [6, 6.07) is 13.5. The normalized spacial score (nSPS) is 12.0. The first-order chi connectivity index (χ1) is 14.7. The van der Waals surface area contributed by atoms with Gasteiger partial charge in [0.2, 0.25) is 12.7 Å². The van der Waals surface area contributed by atoms with Crippen molar-refractivity contribution >= 4 is 35.8 Å². The zero-order valence-electron chi connectivity index (χ0n) is 17.8. The van der Waals surface area contributed by atoms with Crippen LogP contribution in [0, 0.1) is 0 Å². The Bertz CT molecular complexity index is 874. The van der Waals surface area contributed by atoms with E-state index in [1.165, 1.54) is 0 Å². The van der Waals surface area contributed by atoms with Gasteiger partial charge in [0.05, 0.1) is 7.11 Å². The Morgan fingerprint density at radius 3 is 2.52 bits per heavy atom. The lowest BCUT2D eigenvalue weighted by Gasteiger charge is -2.11. The van der Waals surface area contributed by atoms with Crippen LogP contribution >= 0.6 is 24.0 Å². The predicted octanol–water partition coefficient (Wildman–Crippen LogP) is 2.46. The third-order valence-electron chi connectivity index (χ3n) is 4.52. The van der Waals surface area contributed by atoms with Crippen LogP contribution in [-0.4, -0.2) is 45.4 Å². The first-order valence-corrected chi connectivity index (χ1v) is 9.98. The van der Waals surface area contributed by atoms with E-state index in [-0.39, 0.29) is 43.2 Å². The van der Waals surface area contributed by atoms with Gasteiger partial charge in [-0.3, -0.25) is 4.79 Å². The van der Waals surface area contributed by atoms with Crippen LogP contribution in [0.4, 0.5) is 0 Å². The van der Waals surface area contributed by atoms with E-state index < -0.39 is 0 Å². The Morgan fingerprint density at radius 2 is 1.77 bits per heavy atom. The van der Waals surface area contributed by atoms with Gasteiger partial charge in [0.15, 0.2) is 17.5 Å². The van der Waals surface area contributed by atoms with Crippen LogP contribution in [0.5, 0.6) is 17.2 Å². The lowest BCUT2D eigenvalue weighted by Crippen LogP contribution is -2.39. The van der Waals surface area contributed by atoms with Gasteiger partial charge in [-0.05, 0) is 48.7 Å². The van der Waals surface area contributed by atoms with E-state index in [1.54, 1.807) is 7.11 Å². The lowest BCUT2D eigenvalue weighted by molar-refractivity contribution is -0.119. The summed E-state index contributed by atoms with van der Waals surface area (Å²) in [5, 5.41) is 9.28. The van der Waals surface area contributed by atoms with E-state index in [2.05, 4.69) is 20.9 Å². The van der Waals surface area contributed by atoms with Gasteiger partial charge in [-0.2, -0.15) is 0 Å². The molecule has 2 aromatic rings. The number of nitrogens with one attached hydrogen (secondary N) is 3. The number of amides is 1. The minimum atomic E-state index is -0.140. The van der Waals surface area contributed by atoms with Crippen molar-refractivity contribution < 1.29 is 19.0 Å². The summed E-state index contributed by atoms with van der Waals surface area (Å²) < 4.78 is 15.9. The molecule has 0 atom stereocenters. The fraction of sp³-hybridized carbons (Fsp3) is 0.364. The Hall–Kier alpha value is -2.69. The molecular weight excluding hydrogens is 511 g/mol. The minimum absolute atomic E-state index is 0. The van der Waals surface area contributed by atoms with Crippen molar-refractivity contribution in [3.63, 3.8) is 0 Å². The van der Waals surface area contributed by atoms with Gasteiger partial charge in [0.1, 0.15) is 12.3 Å². The molecule has 0 bridgehead atoms. The van der Waals surface area contributed by atoms with Gasteiger partial charge < -0.3 is 30.2 Å². The van der Waals surface area contributed by atoms with Crippen molar-refractivity contribution in [3.05, 3.63) is 53.6 Å². The van der Waals surface area contributed by atoms with E-state index in [1.807, 2.05) is 49.4 Å². The molecular formula is C22H29IN4O4. The van der Waals surface area contributed by atoms with Crippen LogP contribution in [0.1, 0.15) is 18.1 Å². The van der Waals surface area contributed by atoms with Crippen LogP contribution in [-0.2, 0) is 17.8 Å². The fourth-order valence-electron chi connectivity index (χ4n) is 2.91. The molecule has 1 heterocycles. The molecule has 9 heteroatoms. The highest BCUT2D eigenvalue weighted by Gasteiger charge is 2.13. The topological polar surface area (TPSA) is 93.2 Å². The zero-order chi connectivity index (χ0) is 21.2. The maximum atomic E-state index is 12.1. The highest BCUT2D eigenvalue weighted by Crippen LogP contribution is 2.32. The molecule has 0 fully saturated rings. The average Bonchev–Trinajstić information content (AvgIpc) is 3.24. The van der Waals surface area contributed by atoms with Crippen LogP contribution in [0.15, 0.2) is 47.5 Å². The SMILES string of the molecule is CCNC(=NCC(=O)NCc1ccc(OC)cc1)NCCc1ccc2c(c1)OCO2.I. The number of ether oxygens (including phenoxy) is 3. The first kappa shape index (κ1) is 24.6. The molecule has 0 unspecified atom stereocenters. The van der Waals surface area contributed by atoms with E-state index in [0.29, 0.717) is 25.6 Å². The van der Waals surface area contributed by atoms with Crippen LogP contribution in [0.3, 0.4) is 0 Å². The Morgan fingerprint density at radius 1 is 1.03 bits per heavy atom. The second-order valence-electron chi connectivity index (χ2n) is 6.68. The molecule has 0 aromatic heterocycles. The van der Waals surface area contributed by atoms with E-state index in [9.17, 15) is 4.79 Å². The molecule has 0 aliphatic carbocycles. The van der Waals surface area contributed by atoms with Crippen molar-refractivity contribution in [2.24, 2.45) is 4.99 Å². The largest absolute Gasteiger partial charge is 0.497 e. The van der Waals surface area contributed by atoms with Crippen molar-refractivity contribution in [3.8, 4) is 17.2 Å². The lowest BCUT2D eigenvalue weighted by atomic mass is 10.1. The van der Waals surface area contributed by atoms with Crippen molar-refractivity contribution in [1.82, 2.24) is 16.0 Å². The maximum absolute atomic E-state index is 12.1. The number of nitrogens with zero attached hydrogens (tertiary/aromatic N) is 1. The molecule has 3 rings (SSSR count). The molecule has 0 saturated carbocycles. The third-order valence-corrected chi connectivity index (χ3v) is 4.52. The number of aliphatic imine (C=N–C) groups is 1. The van der Waals surface area contributed by atoms with Gasteiger partial charge >= 0.3 is 0 Å². The molecule has 2 aromatic carbocycles. The van der Waals surface area contributed by atoms with Crippen molar-refractivity contribution in [2.45, 2.75) is 19.9 Å². The molecule has 1 aliphatic rings. The molecule has 0 radical (unpaired) electrons. The molecule has 8 nitrogen and oxygen atoms in total. The third kappa shape index (κ3) is 7.82. The number of hydrogen-bond acceptors (Lipinski definition) is 5. The number of fused-ring (bicyclic) bond motifs is 1. The number of halogens is 1. The van der Waals surface area contributed by atoms with Crippen LogP contribution in [0.25, 0.3) is 0 Å². The summed E-state index contributed by atoms with van der Waals surface area (Å²) in [6.45, 7) is 4.15. The summed E-state index contributed by atoms with van der Waals surface area (Å²) in [5.74, 6) is 2.82. The predicted molar refractivity (Wildman–Crippen MR) is 131 cm³/mol. The maximum Gasteiger partial charge on any atom is 0.242 e. The Labute approximate surface area is 199 Å². The summed E-state index contributed by atoms with van der Waals surface area (Å²) in [4.78, 5) is 16.5. The second-order valence-corrected chi connectivity index (χ2v) is 6.68. The van der Waals surface area contributed by atoms with Gasteiger partial charge in [0.25, 0.3) is 0 Å². The number of guanidine groups is 1. The zero-order valence-corrected chi connectivity index (χ0v) is 20.1. The molecule has 1 aliphatic heterocycles. The molecule has 0 saturated heterocycles. The highest BCUT2D eigenvalue weighted by atomic mass is 127. The second kappa shape index (κ2) is 12.9. The van der Waals surface area contributed by atoms with Crippen molar-refractivity contribution in [1.29, 1.82) is 0 Å². The Balaban J connectivity index is 0.00000341. The van der Waals surface area contributed by atoms with Gasteiger partial charge in [0, 0.05) is 19.6 Å². The van der Waals surface area contributed by atoms with Crippen LogP contribution in [0.2, 0.25) is 0 Å². The van der Waals surface area contributed by atoms with Crippen molar-refractivity contribution in [2.75, 3.05) is 33.5 Å². The van der Waals surface area contributed by atoms with Gasteiger partial charge in [-0.25, -0.2) is 4.99 Å². The van der Waals surface area contributed by atoms with Gasteiger partial charge in [-0.1, -0.05) is 18.2 Å². The van der Waals surface area contributed by atoms with Crippen LogP contribution < -0.4 is 30.2 Å². The molecule has 31 heavy (non-hydrogen) atoms. The Kier molecular flexibility index (Phi) is 10.2. The summed E-state index contributed by atoms with van der Waals surface area (Å²) in [6.07, 6.45) is 0.796. The fourth-order valence-corrected chi connectivity index (χ4v) is 2.91. The van der Waals surface area contributed by atoms with E-state index in [4.69, 9.17) is 14.2 Å². The summed E-state index contributed by atoms with van der Waals surface area (Å²) in [5.41, 5.74) is 2.14. The number of benzene rings is 2. The molecule has 3 N–H and O–H groups in total. The molecule has 1 amide bonds. The minimum Gasteiger partial charge on any atom is -0.497 e. The quantitative estimate of drug-likeness (QED) is 0.257. The van der Waals surface area contributed by atoms with E-state index in [0.717, 1.165) is 34.8 Å². The highest BCUT2D eigenvalue weighted by molar-refractivity contribution is 14.0. The number of carbonyl (C=O) groups is 1. The number of hydrogen-bond donors (Lipinski definition) is 3. The monoisotopic (exact) mass is 540 g/mol. The number of carbonyl (C=O) groups excluding carboxylic acids is 1. The standard InChI is InChI=1S/C22H28N4O4.HI/c1-3-23-22(24-11-10-16-6-9-19-20(12-16)30-15-29-19)26-14-21(27)25-13-17-4-7-18(28-2)8-5-17;/h4-9,12H,3,10-11,13-15H2,1-2H3,(H,25,27)(H2,23,24,26);1H. The average molecular weight is 540 g/mol. The van der Waals surface area contributed by atoms with E-state index >= 15 is 0 Å². The first-order valence-electron chi connectivity index (χ1n) is 9.98. The van der Waals surface area contributed by atoms with Gasteiger partial charge in [-0.15, -0.1) is 24.0 Å².